The molecule has 0 aliphatic heterocycles. The quantitative estimate of drug-likeness (QED) is 0.214. The van der Waals surface area contributed by atoms with E-state index < -0.39 is 34.0 Å². The molecule has 3 atom stereocenters. The minimum absolute atomic E-state index is 0. The molecular formula is C31H41ClN2O6S. The first-order chi connectivity index (χ1) is 19.3. The monoisotopic (exact) mass is 604 g/mol. The summed E-state index contributed by atoms with van der Waals surface area (Å²) >= 11 is 0. The van der Waals surface area contributed by atoms with Gasteiger partial charge in [-0.1, -0.05) is 67.6 Å². The number of ether oxygens (including phenoxy) is 2. The van der Waals surface area contributed by atoms with Gasteiger partial charge in [0.05, 0.1) is 29.9 Å². The molecule has 1 amide bonds. The number of benzene rings is 3. The number of aliphatic hydroxyl groups excluding tert-OH is 1. The van der Waals surface area contributed by atoms with E-state index in [1.165, 1.54) is 0 Å². The van der Waals surface area contributed by atoms with E-state index in [0.717, 1.165) is 16.9 Å². The van der Waals surface area contributed by atoms with Gasteiger partial charge in [0.25, 0.3) is 0 Å². The maximum Gasteiger partial charge on any atom is 0.249 e. The molecule has 0 aromatic heterocycles. The van der Waals surface area contributed by atoms with Crippen LogP contribution in [0, 0.1) is 0 Å². The van der Waals surface area contributed by atoms with E-state index in [9.17, 15) is 18.3 Å². The van der Waals surface area contributed by atoms with Gasteiger partial charge in [-0.2, -0.15) is 0 Å². The summed E-state index contributed by atoms with van der Waals surface area (Å²) in [5.74, 6) is 0.0817. The average molecular weight is 605 g/mol. The molecule has 0 bridgehead atoms. The molecule has 224 valence electrons. The summed E-state index contributed by atoms with van der Waals surface area (Å²) in [4.78, 5) is 13.6. The maximum absolute atomic E-state index is 13.4. The number of halogens is 1. The predicted octanol–water partition coefficient (Wildman–Crippen LogP) is 3.95. The van der Waals surface area contributed by atoms with Crippen molar-refractivity contribution in [1.82, 2.24) is 10.6 Å². The Bertz CT molecular complexity index is 1280. The molecular weight excluding hydrogens is 564 g/mol. The minimum Gasteiger partial charge on any atom is -0.497 e. The van der Waals surface area contributed by atoms with Gasteiger partial charge in [0.1, 0.15) is 11.9 Å². The van der Waals surface area contributed by atoms with Crippen molar-refractivity contribution in [1.29, 1.82) is 0 Å². The van der Waals surface area contributed by atoms with Gasteiger partial charge in [0, 0.05) is 19.7 Å². The lowest BCUT2D eigenvalue weighted by Gasteiger charge is -2.27. The molecule has 41 heavy (non-hydrogen) atoms. The van der Waals surface area contributed by atoms with Gasteiger partial charge in [-0.05, 0) is 54.7 Å². The average Bonchev–Trinajstić information content (AvgIpc) is 2.97. The molecule has 0 saturated heterocycles. The molecule has 8 nitrogen and oxygen atoms in total. The number of sulfone groups is 1. The van der Waals surface area contributed by atoms with Crippen LogP contribution in [0.2, 0.25) is 0 Å². The van der Waals surface area contributed by atoms with Gasteiger partial charge in [0.15, 0.2) is 9.84 Å². The van der Waals surface area contributed by atoms with Crippen molar-refractivity contribution in [3.05, 3.63) is 96.1 Å². The first-order valence-electron chi connectivity index (χ1n) is 13.6. The Balaban J connectivity index is 0.00000588. The lowest BCUT2D eigenvalue weighted by molar-refractivity contribution is -0.134. The molecule has 0 saturated carbocycles. The number of aliphatic hydroxyl groups is 1. The number of amides is 1. The van der Waals surface area contributed by atoms with E-state index in [2.05, 4.69) is 10.6 Å². The van der Waals surface area contributed by atoms with Gasteiger partial charge in [-0.15, -0.1) is 12.4 Å². The smallest absolute Gasteiger partial charge is 0.249 e. The normalized spacial score (nSPS) is 13.4. The third-order valence-corrected chi connectivity index (χ3v) is 8.24. The van der Waals surface area contributed by atoms with Crippen molar-refractivity contribution < 1.29 is 27.8 Å². The maximum atomic E-state index is 13.4. The van der Waals surface area contributed by atoms with Crippen LogP contribution in [0.1, 0.15) is 30.9 Å². The molecule has 0 heterocycles. The van der Waals surface area contributed by atoms with Gasteiger partial charge >= 0.3 is 0 Å². The van der Waals surface area contributed by atoms with Crippen molar-refractivity contribution in [2.45, 2.75) is 55.9 Å². The highest BCUT2D eigenvalue weighted by Gasteiger charge is 2.28. The van der Waals surface area contributed by atoms with Crippen LogP contribution in [0.15, 0.2) is 89.8 Å². The Morgan fingerprint density at radius 2 is 1.61 bits per heavy atom. The third kappa shape index (κ3) is 11.4. The Hall–Kier alpha value is -2.95. The number of methoxy groups -OCH3 is 1. The van der Waals surface area contributed by atoms with Crippen LogP contribution in [0.5, 0.6) is 5.75 Å². The fourth-order valence-corrected chi connectivity index (χ4v) is 5.61. The number of carbonyl (C=O) groups excluding carboxylic acids is 1. The molecule has 1 unspecified atom stereocenters. The highest BCUT2D eigenvalue weighted by atomic mass is 35.5. The fraction of sp³-hybridized carbons (Fsp3) is 0.387. The topological polar surface area (TPSA) is 114 Å². The minimum atomic E-state index is -3.58. The van der Waals surface area contributed by atoms with Crippen LogP contribution in [0.25, 0.3) is 0 Å². The Morgan fingerprint density at radius 1 is 0.951 bits per heavy atom. The summed E-state index contributed by atoms with van der Waals surface area (Å²) in [6, 6.07) is 24.8. The van der Waals surface area contributed by atoms with Crippen molar-refractivity contribution in [2.24, 2.45) is 0 Å². The summed E-state index contributed by atoms with van der Waals surface area (Å²) in [6.45, 7) is 2.99. The van der Waals surface area contributed by atoms with Crippen LogP contribution in [-0.2, 0) is 32.3 Å². The molecule has 3 N–H and O–H groups in total. The molecule has 0 fully saturated rings. The second-order valence-corrected chi connectivity index (χ2v) is 11.7. The van der Waals surface area contributed by atoms with Crippen LogP contribution in [-0.4, -0.2) is 63.7 Å². The largest absolute Gasteiger partial charge is 0.497 e. The Labute approximate surface area is 249 Å². The Kier molecular flexibility index (Phi) is 14.8. The van der Waals surface area contributed by atoms with Gasteiger partial charge in [0.2, 0.25) is 5.91 Å². The van der Waals surface area contributed by atoms with Gasteiger partial charge in [-0.25, -0.2) is 8.42 Å². The van der Waals surface area contributed by atoms with Crippen LogP contribution in [0.3, 0.4) is 0 Å². The molecule has 0 aliphatic carbocycles. The summed E-state index contributed by atoms with van der Waals surface area (Å²) in [5, 5.41) is 17.3. The zero-order valence-corrected chi connectivity index (χ0v) is 25.2. The van der Waals surface area contributed by atoms with Crippen molar-refractivity contribution in [3.8, 4) is 5.75 Å². The molecule has 3 aromatic carbocycles. The highest BCUT2D eigenvalue weighted by molar-refractivity contribution is 7.91. The van der Waals surface area contributed by atoms with Crippen LogP contribution in [0.4, 0.5) is 0 Å². The number of hydrogen-bond acceptors (Lipinski definition) is 7. The van der Waals surface area contributed by atoms with Crippen LogP contribution < -0.4 is 15.4 Å². The van der Waals surface area contributed by atoms with Gasteiger partial charge in [-0.3, -0.25) is 4.79 Å². The SMILES string of the molecule is CCCOC(CCS(=O)(=O)c1ccccc1)C(=O)N[C@@H](Cc1ccccc1)[C@H](O)CNCc1cccc(OC)c1.Cl. The second-order valence-electron chi connectivity index (χ2n) is 9.63. The zero-order chi connectivity index (χ0) is 28.8. The molecule has 0 radical (unpaired) electrons. The fourth-order valence-electron chi connectivity index (χ4n) is 4.27. The van der Waals surface area contributed by atoms with E-state index in [1.54, 1.807) is 37.4 Å². The van der Waals surface area contributed by atoms with Crippen molar-refractivity contribution in [3.63, 3.8) is 0 Å². The number of carbonyl (C=O) groups is 1. The van der Waals surface area contributed by atoms with Crippen LogP contribution >= 0.6 is 12.4 Å². The summed E-state index contributed by atoms with van der Waals surface area (Å²) in [6.07, 6.45) is -0.786. The second kappa shape index (κ2) is 17.8. The first kappa shape index (κ1) is 34.3. The number of rotatable bonds is 17. The molecule has 3 aromatic rings. The first-order valence-corrected chi connectivity index (χ1v) is 15.2. The van der Waals surface area contributed by atoms with E-state index in [0.29, 0.717) is 26.0 Å². The molecule has 10 heteroatoms. The predicted molar refractivity (Wildman–Crippen MR) is 163 cm³/mol. The molecule has 0 aliphatic rings. The zero-order valence-electron chi connectivity index (χ0n) is 23.6. The number of nitrogens with one attached hydrogen (secondary N) is 2. The summed E-state index contributed by atoms with van der Waals surface area (Å²) in [7, 11) is -1.97. The van der Waals surface area contributed by atoms with Crippen molar-refractivity contribution in [2.75, 3.05) is 26.0 Å². The number of hydrogen-bond donors (Lipinski definition) is 3. The molecule has 3 rings (SSSR count). The summed E-state index contributed by atoms with van der Waals surface area (Å²) in [5.41, 5.74) is 1.96. The lowest BCUT2D eigenvalue weighted by Crippen LogP contribution is -2.52. The van der Waals surface area contributed by atoms with Gasteiger partial charge < -0.3 is 25.2 Å². The standard InChI is InChI=1S/C31H40N2O6S.ClH/c1-3-18-39-30(17-19-40(36,37)27-15-8-5-9-16-27)31(35)33-28(21-24-11-6-4-7-12-24)29(34)23-32-22-25-13-10-14-26(20-25)38-2;/h4-16,20,28-30,32,34H,3,17-19,21-23H2,1-2H3,(H,33,35);1H/t28-,29+,30?;/m0./s1. The Morgan fingerprint density at radius 3 is 2.27 bits per heavy atom. The van der Waals surface area contributed by atoms with E-state index in [1.807, 2.05) is 61.5 Å². The van der Waals surface area contributed by atoms with E-state index in [-0.39, 0.29) is 36.0 Å². The van der Waals surface area contributed by atoms with E-state index >= 15 is 0 Å². The van der Waals surface area contributed by atoms with Crippen molar-refractivity contribution >= 4 is 28.2 Å². The lowest BCUT2D eigenvalue weighted by atomic mass is 10.0. The highest BCUT2D eigenvalue weighted by Crippen LogP contribution is 2.15. The van der Waals surface area contributed by atoms with E-state index in [4.69, 9.17) is 9.47 Å². The summed E-state index contributed by atoms with van der Waals surface area (Å²) < 4.78 is 36.7. The molecule has 0 spiro atoms. The third-order valence-electron chi connectivity index (χ3n) is 6.47.